The van der Waals surface area contributed by atoms with Crippen molar-refractivity contribution in [2.75, 3.05) is 19.0 Å². The number of benzene rings is 3. The van der Waals surface area contributed by atoms with Gasteiger partial charge in [0.25, 0.3) is 0 Å². The first-order chi connectivity index (χ1) is 18.3. The number of esters is 2. The maximum atomic E-state index is 12.4. The van der Waals surface area contributed by atoms with E-state index in [0.717, 1.165) is 0 Å². The van der Waals surface area contributed by atoms with Crippen molar-refractivity contribution in [3.8, 4) is 5.75 Å². The first-order valence-corrected chi connectivity index (χ1v) is 11.8. The van der Waals surface area contributed by atoms with Crippen molar-refractivity contribution in [2.24, 2.45) is 0 Å². The van der Waals surface area contributed by atoms with E-state index in [4.69, 9.17) is 14.2 Å². The van der Waals surface area contributed by atoms with Crippen LogP contribution in [0.3, 0.4) is 0 Å². The predicted octanol–water partition coefficient (Wildman–Crippen LogP) is 4.27. The highest BCUT2D eigenvalue weighted by atomic mass is 16.5. The first kappa shape index (κ1) is 27.8. The van der Waals surface area contributed by atoms with Crippen molar-refractivity contribution >= 4 is 35.1 Å². The minimum Gasteiger partial charge on any atom is -0.497 e. The second-order valence-electron chi connectivity index (χ2n) is 8.22. The number of anilines is 1. The van der Waals surface area contributed by atoms with Gasteiger partial charge in [0.2, 0.25) is 11.7 Å². The quantitative estimate of drug-likeness (QED) is 0.279. The molecule has 0 fully saturated rings. The molecular weight excluding hydrogens is 490 g/mol. The Morgan fingerprint density at radius 1 is 0.789 bits per heavy atom. The number of carbonyl (C=O) groups excluding carboxylic acids is 5. The molecule has 0 spiro atoms. The number of nitrogens with one attached hydrogen (secondary N) is 1. The van der Waals surface area contributed by atoms with Gasteiger partial charge in [-0.25, -0.2) is 4.79 Å². The number of rotatable bonds is 12. The van der Waals surface area contributed by atoms with Gasteiger partial charge in [-0.2, -0.15) is 0 Å². The monoisotopic (exact) mass is 517 g/mol. The Labute approximate surface area is 219 Å². The van der Waals surface area contributed by atoms with Gasteiger partial charge in [0.05, 0.1) is 19.1 Å². The van der Waals surface area contributed by atoms with Crippen LogP contribution in [0, 0.1) is 0 Å². The summed E-state index contributed by atoms with van der Waals surface area (Å²) in [4.78, 5) is 61.1. The third-order valence-corrected chi connectivity index (χ3v) is 5.43. The molecule has 0 aliphatic rings. The van der Waals surface area contributed by atoms with Crippen LogP contribution < -0.4 is 10.1 Å². The third kappa shape index (κ3) is 8.12. The van der Waals surface area contributed by atoms with E-state index in [1.807, 2.05) is 0 Å². The zero-order valence-electron chi connectivity index (χ0n) is 21.0. The summed E-state index contributed by atoms with van der Waals surface area (Å²) in [7, 11) is 1.48. The molecule has 0 aromatic heterocycles. The summed E-state index contributed by atoms with van der Waals surface area (Å²) in [5, 5.41) is 2.61. The predicted molar refractivity (Wildman–Crippen MR) is 138 cm³/mol. The van der Waals surface area contributed by atoms with Crippen LogP contribution in [0.4, 0.5) is 5.69 Å². The lowest BCUT2D eigenvalue weighted by Crippen LogP contribution is -2.24. The molecule has 38 heavy (non-hydrogen) atoms. The maximum absolute atomic E-state index is 12.4. The number of carbonyl (C=O) groups is 5. The lowest BCUT2D eigenvalue weighted by molar-refractivity contribution is -0.143. The molecule has 3 aromatic carbocycles. The number of hydrogen-bond donors (Lipinski definition) is 1. The fourth-order valence-electron chi connectivity index (χ4n) is 3.35. The van der Waals surface area contributed by atoms with Crippen molar-refractivity contribution < 1.29 is 38.2 Å². The summed E-state index contributed by atoms with van der Waals surface area (Å²) in [6.07, 6.45) is -1.33. The topological polar surface area (TPSA) is 125 Å². The Bertz CT molecular complexity index is 1300. The van der Waals surface area contributed by atoms with Gasteiger partial charge in [-0.3, -0.25) is 19.2 Å². The van der Waals surface area contributed by atoms with Crippen LogP contribution in [-0.2, 0) is 19.1 Å². The molecule has 1 unspecified atom stereocenters. The van der Waals surface area contributed by atoms with Crippen LogP contribution in [0.25, 0.3) is 0 Å². The van der Waals surface area contributed by atoms with Gasteiger partial charge in [0.1, 0.15) is 5.75 Å². The van der Waals surface area contributed by atoms with Gasteiger partial charge in [0.15, 0.2) is 18.5 Å². The Kier molecular flexibility index (Phi) is 9.87. The molecule has 0 heterocycles. The van der Waals surface area contributed by atoms with E-state index in [-0.39, 0.29) is 30.0 Å². The van der Waals surface area contributed by atoms with Gasteiger partial charge in [0, 0.05) is 23.2 Å². The summed E-state index contributed by atoms with van der Waals surface area (Å²) in [5.41, 5.74) is 1.40. The van der Waals surface area contributed by atoms with E-state index < -0.39 is 30.6 Å². The van der Waals surface area contributed by atoms with Crippen molar-refractivity contribution in [3.05, 3.63) is 95.6 Å². The number of hydrogen-bond acceptors (Lipinski definition) is 8. The van der Waals surface area contributed by atoms with Gasteiger partial charge in [-0.15, -0.1) is 0 Å². The summed E-state index contributed by atoms with van der Waals surface area (Å²) >= 11 is 0. The van der Waals surface area contributed by atoms with Crippen LogP contribution in [-0.4, -0.2) is 49.2 Å². The molecule has 9 heteroatoms. The molecule has 1 N–H and O–H groups in total. The second kappa shape index (κ2) is 13.5. The number of Topliss-reactive ketones (excluding diaryl/α,β-unsaturated/α-hetero) is 2. The Morgan fingerprint density at radius 2 is 1.47 bits per heavy atom. The molecule has 1 atom stereocenters. The van der Waals surface area contributed by atoms with Gasteiger partial charge in [-0.05, 0) is 43.3 Å². The summed E-state index contributed by atoms with van der Waals surface area (Å²) < 4.78 is 15.3. The van der Waals surface area contributed by atoms with E-state index in [1.54, 1.807) is 54.6 Å². The summed E-state index contributed by atoms with van der Waals surface area (Å²) in [6.45, 7) is 1.06. The smallest absolute Gasteiger partial charge is 0.338 e. The van der Waals surface area contributed by atoms with Crippen molar-refractivity contribution in [2.45, 2.75) is 25.9 Å². The summed E-state index contributed by atoms with van der Waals surface area (Å²) in [5.74, 6) is -2.00. The highest BCUT2D eigenvalue weighted by molar-refractivity contribution is 6.01. The van der Waals surface area contributed by atoms with Crippen LogP contribution in [0.1, 0.15) is 50.8 Å². The zero-order chi connectivity index (χ0) is 27.5. The van der Waals surface area contributed by atoms with Gasteiger partial charge in [-0.1, -0.05) is 42.5 Å². The normalized spacial score (nSPS) is 11.1. The largest absolute Gasteiger partial charge is 0.497 e. The number of ketones is 2. The Hall–Kier alpha value is -4.79. The van der Waals surface area contributed by atoms with E-state index in [9.17, 15) is 24.0 Å². The Morgan fingerprint density at radius 3 is 2.16 bits per heavy atom. The molecule has 0 aliphatic carbocycles. The van der Waals surface area contributed by atoms with Crippen LogP contribution in [0.15, 0.2) is 78.9 Å². The standard InChI is InChI=1S/C29H27NO8/c1-19(28(34)20-7-4-3-5-8-20)38-29(35)21-11-13-23(14-12-21)30-26(32)15-16-27(33)37-18-25(31)22-9-6-10-24(17-22)36-2/h3-14,17,19H,15-16,18H2,1-2H3,(H,30,32). The molecule has 3 rings (SSSR count). The lowest BCUT2D eigenvalue weighted by Gasteiger charge is -2.12. The SMILES string of the molecule is COc1cccc(C(=O)COC(=O)CCC(=O)Nc2ccc(C(=O)OC(C)C(=O)c3ccccc3)cc2)c1. The van der Waals surface area contributed by atoms with E-state index in [2.05, 4.69) is 5.32 Å². The highest BCUT2D eigenvalue weighted by Gasteiger charge is 2.20. The molecule has 3 aromatic rings. The molecule has 1 amide bonds. The van der Waals surface area contributed by atoms with Crippen molar-refractivity contribution in [3.63, 3.8) is 0 Å². The molecule has 196 valence electrons. The molecule has 0 aliphatic heterocycles. The molecule has 0 saturated carbocycles. The lowest BCUT2D eigenvalue weighted by atomic mass is 10.1. The van der Waals surface area contributed by atoms with Crippen LogP contribution in [0.5, 0.6) is 5.75 Å². The minimum absolute atomic E-state index is 0.158. The average Bonchev–Trinajstić information content (AvgIpc) is 2.95. The molecule has 0 bridgehead atoms. The number of ether oxygens (including phenoxy) is 3. The fourth-order valence-corrected chi connectivity index (χ4v) is 3.35. The number of amides is 1. The second-order valence-corrected chi connectivity index (χ2v) is 8.22. The van der Waals surface area contributed by atoms with Crippen LogP contribution in [0.2, 0.25) is 0 Å². The van der Waals surface area contributed by atoms with E-state index >= 15 is 0 Å². The van der Waals surface area contributed by atoms with Gasteiger partial charge < -0.3 is 19.5 Å². The zero-order valence-corrected chi connectivity index (χ0v) is 21.0. The number of methoxy groups -OCH3 is 1. The highest BCUT2D eigenvalue weighted by Crippen LogP contribution is 2.15. The van der Waals surface area contributed by atoms with E-state index in [0.29, 0.717) is 22.6 Å². The summed E-state index contributed by atoms with van der Waals surface area (Å²) in [6, 6.07) is 20.9. The molecule has 0 radical (unpaired) electrons. The molecule has 9 nitrogen and oxygen atoms in total. The van der Waals surface area contributed by atoms with Crippen molar-refractivity contribution in [1.29, 1.82) is 0 Å². The van der Waals surface area contributed by atoms with Crippen molar-refractivity contribution in [1.82, 2.24) is 0 Å². The molecular formula is C29H27NO8. The first-order valence-electron chi connectivity index (χ1n) is 11.8. The van der Waals surface area contributed by atoms with Gasteiger partial charge >= 0.3 is 11.9 Å². The molecule has 0 saturated heterocycles. The minimum atomic E-state index is -0.963. The third-order valence-electron chi connectivity index (χ3n) is 5.43. The fraction of sp³-hybridized carbons (Fsp3) is 0.207. The Balaban J connectivity index is 1.41. The average molecular weight is 518 g/mol. The van der Waals surface area contributed by atoms with Crippen LogP contribution >= 0.6 is 0 Å². The van der Waals surface area contributed by atoms with E-state index in [1.165, 1.54) is 38.3 Å². The maximum Gasteiger partial charge on any atom is 0.338 e.